The maximum Gasteiger partial charge on any atom is 0.233 e. The molecule has 0 aliphatic rings. The average molecular weight is 260 g/mol. The van der Waals surface area contributed by atoms with Crippen molar-refractivity contribution in [2.75, 3.05) is 6.54 Å². The van der Waals surface area contributed by atoms with E-state index in [0.29, 0.717) is 6.54 Å². The van der Waals surface area contributed by atoms with E-state index in [1.807, 2.05) is 17.7 Å². The highest BCUT2D eigenvalue weighted by atomic mass is 79.9. The summed E-state index contributed by atoms with van der Waals surface area (Å²) in [5.41, 5.74) is 0. The summed E-state index contributed by atoms with van der Waals surface area (Å²) in [5.74, 6) is 0.0376. The molecule has 0 aromatic carbocycles. The molecule has 1 heterocycles. The summed E-state index contributed by atoms with van der Waals surface area (Å²) < 4.78 is 1.99. The lowest BCUT2D eigenvalue weighted by Gasteiger charge is -2.06. The second-order valence-corrected chi connectivity index (χ2v) is 4.43. The Morgan fingerprint density at radius 2 is 2.50 bits per heavy atom. The Kier molecular flexibility index (Phi) is 4.65. The summed E-state index contributed by atoms with van der Waals surface area (Å²) in [4.78, 5) is 14.9. The van der Waals surface area contributed by atoms with E-state index in [1.54, 1.807) is 12.5 Å². The summed E-state index contributed by atoms with van der Waals surface area (Å²) in [6.45, 7) is 3.40. The monoisotopic (exact) mass is 259 g/mol. The SMILES string of the molecule is CC(Br)C(=O)NCCCn1ccnc1. The van der Waals surface area contributed by atoms with Crippen LogP contribution in [0.2, 0.25) is 0 Å². The predicted molar refractivity (Wildman–Crippen MR) is 58.2 cm³/mol. The van der Waals surface area contributed by atoms with Crippen LogP contribution in [-0.4, -0.2) is 26.8 Å². The van der Waals surface area contributed by atoms with E-state index in [4.69, 9.17) is 0 Å². The molecular formula is C9H14BrN3O. The number of alkyl halides is 1. The van der Waals surface area contributed by atoms with E-state index < -0.39 is 0 Å². The van der Waals surface area contributed by atoms with Crippen molar-refractivity contribution < 1.29 is 4.79 Å². The van der Waals surface area contributed by atoms with Gasteiger partial charge in [0.05, 0.1) is 11.2 Å². The van der Waals surface area contributed by atoms with Crippen LogP contribution in [0, 0.1) is 0 Å². The first-order valence-electron chi connectivity index (χ1n) is 4.57. The Labute approximate surface area is 91.8 Å². The molecule has 0 saturated heterocycles. The predicted octanol–water partition coefficient (Wildman–Crippen LogP) is 1.17. The van der Waals surface area contributed by atoms with Gasteiger partial charge in [-0.05, 0) is 13.3 Å². The molecule has 1 atom stereocenters. The van der Waals surface area contributed by atoms with E-state index >= 15 is 0 Å². The largest absolute Gasteiger partial charge is 0.355 e. The molecule has 1 aromatic rings. The number of rotatable bonds is 5. The average Bonchev–Trinajstić information content (AvgIpc) is 2.64. The molecule has 1 rings (SSSR count). The van der Waals surface area contributed by atoms with Gasteiger partial charge >= 0.3 is 0 Å². The van der Waals surface area contributed by atoms with Gasteiger partial charge < -0.3 is 9.88 Å². The molecule has 1 unspecified atom stereocenters. The third-order valence-electron chi connectivity index (χ3n) is 1.81. The first kappa shape index (κ1) is 11.2. The van der Waals surface area contributed by atoms with Crippen molar-refractivity contribution in [1.82, 2.24) is 14.9 Å². The first-order chi connectivity index (χ1) is 6.70. The van der Waals surface area contributed by atoms with Crippen molar-refractivity contribution in [1.29, 1.82) is 0 Å². The van der Waals surface area contributed by atoms with Crippen LogP contribution in [0.25, 0.3) is 0 Å². The number of nitrogens with zero attached hydrogens (tertiary/aromatic N) is 2. The van der Waals surface area contributed by atoms with Crippen molar-refractivity contribution in [3.8, 4) is 0 Å². The van der Waals surface area contributed by atoms with E-state index in [2.05, 4.69) is 26.2 Å². The van der Waals surface area contributed by atoms with Gasteiger partial charge in [-0.15, -0.1) is 0 Å². The number of carbonyl (C=O) groups is 1. The van der Waals surface area contributed by atoms with Crippen molar-refractivity contribution in [2.45, 2.75) is 24.7 Å². The van der Waals surface area contributed by atoms with Crippen molar-refractivity contribution in [3.05, 3.63) is 18.7 Å². The highest BCUT2D eigenvalue weighted by Gasteiger charge is 2.06. The molecule has 0 spiro atoms. The van der Waals surface area contributed by atoms with Gasteiger partial charge in [-0.25, -0.2) is 4.98 Å². The fraction of sp³-hybridized carbons (Fsp3) is 0.556. The molecule has 1 aromatic heterocycles. The molecule has 5 heteroatoms. The van der Waals surface area contributed by atoms with E-state index in [-0.39, 0.29) is 10.7 Å². The quantitative estimate of drug-likeness (QED) is 0.638. The van der Waals surface area contributed by atoms with Gasteiger partial charge in [0.2, 0.25) is 5.91 Å². The molecule has 0 fully saturated rings. The van der Waals surface area contributed by atoms with Crippen molar-refractivity contribution in [3.63, 3.8) is 0 Å². The van der Waals surface area contributed by atoms with Crippen LogP contribution in [0.5, 0.6) is 0 Å². The van der Waals surface area contributed by atoms with Crippen LogP contribution < -0.4 is 5.32 Å². The standard InChI is InChI=1S/C9H14BrN3O/c1-8(10)9(14)12-3-2-5-13-6-4-11-7-13/h4,6-8H,2-3,5H2,1H3,(H,12,14). The molecule has 4 nitrogen and oxygen atoms in total. The fourth-order valence-corrected chi connectivity index (χ4v) is 1.19. The summed E-state index contributed by atoms with van der Waals surface area (Å²) in [6.07, 6.45) is 6.35. The molecule has 0 aliphatic carbocycles. The zero-order valence-electron chi connectivity index (χ0n) is 8.11. The molecule has 78 valence electrons. The maximum atomic E-state index is 11.1. The minimum absolute atomic E-state index is 0.0376. The van der Waals surface area contributed by atoms with Gasteiger partial charge in [0.15, 0.2) is 0 Å². The number of halogens is 1. The van der Waals surface area contributed by atoms with Crippen LogP contribution in [-0.2, 0) is 11.3 Å². The lowest BCUT2D eigenvalue weighted by Crippen LogP contribution is -2.30. The molecule has 1 N–H and O–H groups in total. The van der Waals surface area contributed by atoms with Crippen molar-refractivity contribution in [2.24, 2.45) is 0 Å². The molecule has 14 heavy (non-hydrogen) atoms. The summed E-state index contributed by atoms with van der Waals surface area (Å²) in [6, 6.07) is 0. The van der Waals surface area contributed by atoms with E-state index in [1.165, 1.54) is 0 Å². The topological polar surface area (TPSA) is 46.9 Å². The maximum absolute atomic E-state index is 11.1. The Morgan fingerprint density at radius 1 is 1.71 bits per heavy atom. The second-order valence-electron chi connectivity index (χ2n) is 3.06. The van der Waals surface area contributed by atoms with Crippen LogP contribution >= 0.6 is 15.9 Å². The minimum Gasteiger partial charge on any atom is -0.355 e. The van der Waals surface area contributed by atoms with Gasteiger partial charge in [0, 0.05) is 25.5 Å². The van der Waals surface area contributed by atoms with Gasteiger partial charge in [-0.2, -0.15) is 0 Å². The normalized spacial score (nSPS) is 12.4. The summed E-state index contributed by atoms with van der Waals surface area (Å²) in [5, 5.41) is 2.82. The van der Waals surface area contributed by atoms with E-state index in [9.17, 15) is 4.79 Å². The van der Waals surface area contributed by atoms with Gasteiger partial charge in [-0.3, -0.25) is 4.79 Å². The number of hydrogen-bond donors (Lipinski definition) is 1. The van der Waals surface area contributed by atoms with Crippen LogP contribution in [0.3, 0.4) is 0 Å². The summed E-state index contributed by atoms with van der Waals surface area (Å²) in [7, 11) is 0. The third kappa shape index (κ3) is 3.91. The molecule has 0 saturated carbocycles. The molecular weight excluding hydrogens is 246 g/mol. The number of amides is 1. The Hall–Kier alpha value is -0.840. The number of aromatic nitrogens is 2. The highest BCUT2D eigenvalue weighted by Crippen LogP contribution is 1.96. The first-order valence-corrected chi connectivity index (χ1v) is 5.49. The third-order valence-corrected chi connectivity index (χ3v) is 2.23. The highest BCUT2D eigenvalue weighted by molar-refractivity contribution is 9.10. The number of imidazole rings is 1. The zero-order valence-corrected chi connectivity index (χ0v) is 9.70. The minimum atomic E-state index is -0.115. The Balaban J connectivity index is 2.08. The number of nitrogens with one attached hydrogen (secondary N) is 1. The van der Waals surface area contributed by atoms with Crippen molar-refractivity contribution >= 4 is 21.8 Å². The smallest absolute Gasteiger partial charge is 0.233 e. The molecule has 0 radical (unpaired) electrons. The lowest BCUT2D eigenvalue weighted by molar-refractivity contribution is -0.120. The van der Waals surface area contributed by atoms with Gasteiger partial charge in [-0.1, -0.05) is 15.9 Å². The molecule has 1 amide bonds. The van der Waals surface area contributed by atoms with Crippen LogP contribution in [0.15, 0.2) is 18.7 Å². The Morgan fingerprint density at radius 3 is 3.07 bits per heavy atom. The van der Waals surface area contributed by atoms with Crippen LogP contribution in [0.1, 0.15) is 13.3 Å². The number of aryl methyl sites for hydroxylation is 1. The molecule has 0 bridgehead atoms. The van der Waals surface area contributed by atoms with Gasteiger partial charge in [0.1, 0.15) is 0 Å². The van der Waals surface area contributed by atoms with Crippen LogP contribution in [0.4, 0.5) is 0 Å². The summed E-state index contributed by atoms with van der Waals surface area (Å²) >= 11 is 3.20. The molecule has 0 aliphatic heterocycles. The van der Waals surface area contributed by atoms with E-state index in [0.717, 1.165) is 13.0 Å². The lowest BCUT2D eigenvalue weighted by atomic mass is 10.4. The number of carbonyl (C=O) groups excluding carboxylic acids is 1. The number of hydrogen-bond acceptors (Lipinski definition) is 2. The fourth-order valence-electron chi connectivity index (χ4n) is 1.03. The van der Waals surface area contributed by atoms with Gasteiger partial charge in [0.25, 0.3) is 0 Å². The Bertz CT molecular complexity index is 272. The zero-order chi connectivity index (χ0) is 10.4. The second kappa shape index (κ2) is 5.80.